The fraction of sp³-hybridized carbons (Fsp3) is 0.227. The molecule has 0 saturated carbocycles. The van der Waals surface area contributed by atoms with E-state index in [0.717, 1.165) is 5.56 Å². The molecule has 10 heteroatoms. The monoisotopic (exact) mass is 470 g/mol. The molecule has 0 atom stereocenters. The van der Waals surface area contributed by atoms with Gasteiger partial charge in [0.1, 0.15) is 10.8 Å². The number of rotatable bonds is 5. The van der Waals surface area contributed by atoms with Crippen LogP contribution in [0.1, 0.15) is 16.1 Å². The molecule has 1 aromatic carbocycles. The summed E-state index contributed by atoms with van der Waals surface area (Å²) in [6.07, 6.45) is 3.72. The molecule has 0 radical (unpaired) electrons. The van der Waals surface area contributed by atoms with E-state index in [0.29, 0.717) is 37.8 Å². The minimum atomic E-state index is -0.457. The first-order chi connectivity index (χ1) is 15.5. The number of nitrogens with zero attached hydrogens (tertiary/aromatic N) is 5. The summed E-state index contributed by atoms with van der Waals surface area (Å²) in [5.74, 6) is 0.290. The largest absolute Gasteiger partial charge is 0.339 e. The van der Waals surface area contributed by atoms with Gasteiger partial charge in [-0.05, 0) is 35.9 Å². The van der Waals surface area contributed by atoms with Crippen molar-refractivity contribution in [3.8, 4) is 0 Å². The first kappa shape index (κ1) is 22.0. The van der Waals surface area contributed by atoms with Crippen LogP contribution in [0.2, 0.25) is 10.2 Å². The van der Waals surface area contributed by atoms with Crippen molar-refractivity contribution in [3.05, 3.63) is 76.3 Å². The fourth-order valence-electron chi connectivity index (χ4n) is 3.37. The molecule has 0 aliphatic carbocycles. The molecule has 0 unspecified atom stereocenters. The molecule has 4 rings (SSSR count). The van der Waals surface area contributed by atoms with Gasteiger partial charge in [0.2, 0.25) is 11.9 Å². The molecule has 2 aromatic heterocycles. The number of nitrogens with one attached hydrogen (secondary N) is 1. The van der Waals surface area contributed by atoms with E-state index in [1.807, 2.05) is 17.0 Å². The van der Waals surface area contributed by atoms with Crippen molar-refractivity contribution in [2.24, 2.45) is 0 Å². The van der Waals surface area contributed by atoms with E-state index in [9.17, 15) is 9.59 Å². The van der Waals surface area contributed by atoms with E-state index in [4.69, 9.17) is 23.2 Å². The SMILES string of the molecule is O=C(Nc1ccc(CC(=O)N2CCN(c3ncccn3)CC2)cc1)c1nc(Cl)ccc1Cl. The summed E-state index contributed by atoms with van der Waals surface area (Å²) in [5.41, 5.74) is 1.49. The maximum absolute atomic E-state index is 12.7. The molecule has 2 amide bonds. The van der Waals surface area contributed by atoms with Crippen LogP contribution in [-0.2, 0) is 11.2 Å². The normalized spacial score (nSPS) is 13.7. The second-order valence-corrected chi connectivity index (χ2v) is 8.00. The number of piperazine rings is 1. The van der Waals surface area contributed by atoms with Gasteiger partial charge in [-0.25, -0.2) is 15.0 Å². The van der Waals surface area contributed by atoms with Crippen molar-refractivity contribution in [1.29, 1.82) is 0 Å². The summed E-state index contributed by atoms with van der Waals surface area (Å²) < 4.78 is 0. The van der Waals surface area contributed by atoms with Crippen molar-refractivity contribution in [2.45, 2.75) is 6.42 Å². The standard InChI is InChI=1S/C22H20Cl2N6O2/c23-17-6-7-18(24)28-20(17)21(32)27-16-4-2-15(3-5-16)14-19(31)29-10-12-30(13-11-29)22-25-8-1-9-26-22/h1-9H,10-14H2,(H,27,32). The average molecular weight is 471 g/mol. The van der Waals surface area contributed by atoms with Gasteiger partial charge in [-0.15, -0.1) is 0 Å². The van der Waals surface area contributed by atoms with E-state index < -0.39 is 5.91 Å². The molecule has 8 nitrogen and oxygen atoms in total. The molecule has 164 valence electrons. The molecule has 3 aromatic rings. The van der Waals surface area contributed by atoms with Crippen molar-refractivity contribution in [2.75, 3.05) is 36.4 Å². The molecule has 3 heterocycles. The number of carbonyl (C=O) groups excluding carboxylic acids is 2. The molecule has 1 fully saturated rings. The van der Waals surface area contributed by atoms with E-state index in [1.165, 1.54) is 12.1 Å². The molecule has 1 aliphatic rings. The zero-order valence-corrected chi connectivity index (χ0v) is 18.6. The van der Waals surface area contributed by atoms with Crippen LogP contribution < -0.4 is 10.2 Å². The molecule has 1 N–H and O–H groups in total. The van der Waals surface area contributed by atoms with Crippen LogP contribution in [0.15, 0.2) is 54.9 Å². The molecular weight excluding hydrogens is 451 g/mol. The second kappa shape index (κ2) is 9.93. The van der Waals surface area contributed by atoms with Crippen LogP contribution in [0.4, 0.5) is 11.6 Å². The molecule has 1 saturated heterocycles. The predicted molar refractivity (Wildman–Crippen MR) is 123 cm³/mol. The highest BCUT2D eigenvalue weighted by molar-refractivity contribution is 6.35. The molecule has 32 heavy (non-hydrogen) atoms. The summed E-state index contributed by atoms with van der Waals surface area (Å²) in [6.45, 7) is 2.64. The zero-order chi connectivity index (χ0) is 22.5. The third kappa shape index (κ3) is 5.33. The van der Waals surface area contributed by atoms with Crippen LogP contribution in [0.25, 0.3) is 0 Å². The van der Waals surface area contributed by atoms with Gasteiger partial charge < -0.3 is 15.1 Å². The number of halogens is 2. The van der Waals surface area contributed by atoms with Crippen LogP contribution in [-0.4, -0.2) is 57.8 Å². The van der Waals surface area contributed by atoms with E-state index in [2.05, 4.69) is 25.2 Å². The molecule has 0 spiro atoms. The summed E-state index contributed by atoms with van der Waals surface area (Å²) in [5, 5.41) is 3.13. The van der Waals surface area contributed by atoms with Gasteiger partial charge in [-0.2, -0.15) is 0 Å². The lowest BCUT2D eigenvalue weighted by Gasteiger charge is -2.34. The van der Waals surface area contributed by atoms with Crippen molar-refractivity contribution >= 4 is 46.7 Å². The lowest BCUT2D eigenvalue weighted by molar-refractivity contribution is -0.130. The summed E-state index contributed by atoms with van der Waals surface area (Å²) >= 11 is 11.9. The Morgan fingerprint density at radius 3 is 2.31 bits per heavy atom. The lowest BCUT2D eigenvalue weighted by atomic mass is 10.1. The van der Waals surface area contributed by atoms with Gasteiger partial charge in [0.05, 0.1) is 11.4 Å². The number of anilines is 2. The van der Waals surface area contributed by atoms with Gasteiger partial charge in [0.25, 0.3) is 5.91 Å². The topological polar surface area (TPSA) is 91.3 Å². The maximum atomic E-state index is 12.7. The summed E-state index contributed by atoms with van der Waals surface area (Å²) in [4.78, 5) is 41.5. The number of benzene rings is 1. The third-order valence-electron chi connectivity index (χ3n) is 5.06. The van der Waals surface area contributed by atoms with E-state index in [1.54, 1.807) is 30.6 Å². The van der Waals surface area contributed by atoms with E-state index >= 15 is 0 Å². The number of amides is 2. The van der Waals surface area contributed by atoms with Gasteiger partial charge in [0.15, 0.2) is 0 Å². The van der Waals surface area contributed by atoms with Crippen LogP contribution in [0.5, 0.6) is 0 Å². The van der Waals surface area contributed by atoms with Gasteiger partial charge in [-0.1, -0.05) is 35.3 Å². The van der Waals surface area contributed by atoms with Gasteiger partial charge in [0, 0.05) is 44.3 Å². The van der Waals surface area contributed by atoms with Crippen molar-refractivity contribution in [3.63, 3.8) is 0 Å². The molecule has 1 aliphatic heterocycles. The number of pyridine rings is 1. The Bertz CT molecular complexity index is 1100. The Morgan fingerprint density at radius 1 is 0.938 bits per heavy atom. The third-order valence-corrected chi connectivity index (χ3v) is 5.58. The van der Waals surface area contributed by atoms with Crippen LogP contribution >= 0.6 is 23.2 Å². The highest BCUT2D eigenvalue weighted by atomic mass is 35.5. The Balaban J connectivity index is 1.30. The molecule has 0 bridgehead atoms. The highest BCUT2D eigenvalue weighted by Crippen LogP contribution is 2.19. The Labute approximate surface area is 195 Å². The van der Waals surface area contributed by atoms with Gasteiger partial charge in [-0.3, -0.25) is 9.59 Å². The maximum Gasteiger partial charge on any atom is 0.275 e. The Kier molecular flexibility index (Phi) is 6.82. The fourth-order valence-corrected chi connectivity index (χ4v) is 3.71. The second-order valence-electron chi connectivity index (χ2n) is 7.21. The first-order valence-corrected chi connectivity index (χ1v) is 10.8. The zero-order valence-electron chi connectivity index (χ0n) is 17.0. The number of carbonyl (C=O) groups is 2. The minimum absolute atomic E-state index is 0.0541. The van der Waals surface area contributed by atoms with Crippen molar-refractivity contribution < 1.29 is 9.59 Å². The van der Waals surface area contributed by atoms with Gasteiger partial charge >= 0.3 is 0 Å². The number of hydrogen-bond donors (Lipinski definition) is 1. The smallest absolute Gasteiger partial charge is 0.275 e. The van der Waals surface area contributed by atoms with Crippen LogP contribution in [0.3, 0.4) is 0 Å². The highest BCUT2D eigenvalue weighted by Gasteiger charge is 2.22. The Hall–Kier alpha value is -3.23. The average Bonchev–Trinajstić information content (AvgIpc) is 2.82. The summed E-state index contributed by atoms with van der Waals surface area (Å²) in [6, 6.07) is 11.9. The first-order valence-electron chi connectivity index (χ1n) is 10.0. The van der Waals surface area contributed by atoms with Crippen molar-refractivity contribution in [1.82, 2.24) is 19.9 Å². The lowest BCUT2D eigenvalue weighted by Crippen LogP contribution is -2.49. The summed E-state index contributed by atoms with van der Waals surface area (Å²) in [7, 11) is 0. The Morgan fingerprint density at radius 2 is 1.62 bits per heavy atom. The van der Waals surface area contributed by atoms with E-state index in [-0.39, 0.29) is 28.2 Å². The number of hydrogen-bond acceptors (Lipinski definition) is 6. The quantitative estimate of drug-likeness (QED) is 0.575. The van der Waals surface area contributed by atoms with Crippen LogP contribution in [0, 0.1) is 0 Å². The molecular formula is C22H20Cl2N6O2. The minimum Gasteiger partial charge on any atom is -0.339 e. The predicted octanol–water partition coefficient (Wildman–Crippen LogP) is 3.32. The number of aromatic nitrogens is 3.